The topological polar surface area (TPSA) is 60.9 Å². The number of carbonyl (C=O) groups excluding carboxylic acids is 1. The van der Waals surface area contributed by atoms with Crippen LogP contribution in [0.4, 0.5) is 4.39 Å². The number of halogens is 2. The van der Waals surface area contributed by atoms with E-state index in [2.05, 4.69) is 4.98 Å². The van der Waals surface area contributed by atoms with Gasteiger partial charge in [-0.3, -0.25) is 4.79 Å². The molecule has 0 bridgehead atoms. The number of benzene rings is 1. The Hall–Kier alpha value is -1.62. The van der Waals surface area contributed by atoms with E-state index in [0.29, 0.717) is 11.3 Å². The largest absolute Gasteiger partial charge is 0.370 e. The Kier molecular flexibility index (Phi) is 3.49. The zero-order valence-corrected chi connectivity index (χ0v) is 11.5. The zero-order chi connectivity index (χ0) is 14.2. The first-order valence-electron chi connectivity index (χ1n) is 5.87. The van der Waals surface area contributed by atoms with Crippen LogP contribution >= 0.6 is 11.6 Å². The van der Waals surface area contributed by atoms with Crippen molar-refractivity contribution < 1.29 is 9.18 Å². The number of primary amides is 1. The van der Waals surface area contributed by atoms with Crippen molar-refractivity contribution in [2.24, 2.45) is 5.73 Å². The Morgan fingerprint density at radius 1 is 1.53 bits per heavy atom. The van der Waals surface area contributed by atoms with E-state index in [9.17, 15) is 9.18 Å². The van der Waals surface area contributed by atoms with Gasteiger partial charge < -0.3 is 10.3 Å². The van der Waals surface area contributed by atoms with Crippen molar-refractivity contribution in [2.45, 2.75) is 31.7 Å². The van der Waals surface area contributed by atoms with Gasteiger partial charge in [0.15, 0.2) is 5.82 Å². The molecule has 2 N–H and O–H groups in total. The van der Waals surface area contributed by atoms with Crippen molar-refractivity contribution in [3.05, 3.63) is 29.8 Å². The third-order valence-electron chi connectivity index (χ3n) is 3.04. The number of para-hydroxylation sites is 1. The number of nitrogens with zero attached hydrogens (tertiary/aromatic N) is 2. The molecule has 0 aliphatic rings. The maximum atomic E-state index is 13.8. The number of aromatic nitrogens is 2. The molecular formula is C13H15ClFN3O. The van der Waals surface area contributed by atoms with E-state index in [0.717, 1.165) is 0 Å². The second kappa shape index (κ2) is 4.81. The molecule has 0 unspecified atom stereocenters. The number of imidazole rings is 1. The van der Waals surface area contributed by atoms with Crippen LogP contribution in [-0.4, -0.2) is 15.5 Å². The normalized spacial score (nSPS) is 12.0. The van der Waals surface area contributed by atoms with Crippen molar-refractivity contribution in [1.82, 2.24) is 9.55 Å². The van der Waals surface area contributed by atoms with Gasteiger partial charge in [-0.05, 0) is 26.0 Å². The molecule has 102 valence electrons. The van der Waals surface area contributed by atoms with Gasteiger partial charge in [0, 0.05) is 12.0 Å². The van der Waals surface area contributed by atoms with Gasteiger partial charge in [0.1, 0.15) is 11.3 Å². The molecule has 1 aromatic carbocycles. The van der Waals surface area contributed by atoms with E-state index >= 15 is 0 Å². The quantitative estimate of drug-likeness (QED) is 0.877. The van der Waals surface area contributed by atoms with Crippen LogP contribution in [0.3, 0.4) is 0 Å². The van der Waals surface area contributed by atoms with Gasteiger partial charge in [-0.1, -0.05) is 6.07 Å². The van der Waals surface area contributed by atoms with Gasteiger partial charge in [-0.25, -0.2) is 9.37 Å². The molecule has 0 atom stereocenters. The zero-order valence-electron chi connectivity index (χ0n) is 10.8. The summed E-state index contributed by atoms with van der Waals surface area (Å²) in [5, 5.41) is 0. The van der Waals surface area contributed by atoms with Crippen LogP contribution in [0.2, 0.25) is 0 Å². The molecule has 0 fully saturated rings. The van der Waals surface area contributed by atoms with Gasteiger partial charge in [0.2, 0.25) is 5.91 Å². The first-order valence-corrected chi connectivity index (χ1v) is 6.41. The van der Waals surface area contributed by atoms with Gasteiger partial charge in [-0.2, -0.15) is 0 Å². The fourth-order valence-corrected chi connectivity index (χ4v) is 2.56. The average Bonchev–Trinajstić information content (AvgIpc) is 2.68. The number of carbonyl (C=O) groups is 1. The van der Waals surface area contributed by atoms with Gasteiger partial charge in [-0.15, -0.1) is 11.6 Å². The molecule has 2 aromatic rings. The fraction of sp³-hybridized carbons (Fsp3) is 0.385. The number of rotatable bonds is 4. The summed E-state index contributed by atoms with van der Waals surface area (Å²) in [5.41, 5.74) is 5.53. The van der Waals surface area contributed by atoms with E-state index in [-0.39, 0.29) is 17.8 Å². The molecule has 0 saturated heterocycles. The van der Waals surface area contributed by atoms with Gasteiger partial charge in [0.05, 0.1) is 11.4 Å². The highest BCUT2D eigenvalue weighted by molar-refractivity contribution is 6.16. The van der Waals surface area contributed by atoms with Crippen LogP contribution in [0.5, 0.6) is 0 Å². The Morgan fingerprint density at radius 2 is 2.21 bits per heavy atom. The molecule has 6 heteroatoms. The maximum Gasteiger partial charge on any atom is 0.219 e. The minimum atomic E-state index is -0.612. The third kappa shape index (κ3) is 2.42. The number of alkyl halides is 1. The second-order valence-corrected chi connectivity index (χ2v) is 5.33. The van der Waals surface area contributed by atoms with Crippen molar-refractivity contribution in [2.75, 3.05) is 0 Å². The Balaban J connectivity index is 2.70. The number of amides is 1. The molecule has 0 radical (unpaired) electrons. The van der Waals surface area contributed by atoms with Crippen LogP contribution in [0.25, 0.3) is 11.0 Å². The minimum absolute atomic E-state index is 0.124. The molecule has 0 aliphatic carbocycles. The summed E-state index contributed by atoms with van der Waals surface area (Å²) in [6.45, 7) is 3.69. The Labute approximate surface area is 115 Å². The maximum absolute atomic E-state index is 13.8. The van der Waals surface area contributed by atoms with Crippen molar-refractivity contribution in [3.8, 4) is 0 Å². The molecule has 4 nitrogen and oxygen atoms in total. The summed E-state index contributed by atoms with van der Waals surface area (Å²) in [4.78, 5) is 15.4. The summed E-state index contributed by atoms with van der Waals surface area (Å²) in [7, 11) is 0. The van der Waals surface area contributed by atoms with Crippen LogP contribution in [0, 0.1) is 5.82 Å². The number of fused-ring (bicyclic) bond motifs is 1. The highest BCUT2D eigenvalue weighted by atomic mass is 35.5. The summed E-state index contributed by atoms with van der Waals surface area (Å²) >= 11 is 5.88. The summed E-state index contributed by atoms with van der Waals surface area (Å²) in [5.74, 6) is -0.176. The van der Waals surface area contributed by atoms with Crippen LogP contribution in [-0.2, 0) is 16.2 Å². The third-order valence-corrected chi connectivity index (χ3v) is 3.28. The first-order chi connectivity index (χ1) is 8.86. The van der Waals surface area contributed by atoms with E-state index in [1.54, 1.807) is 16.7 Å². The standard InChI is InChI=1S/C13H15ClFN3O/c1-13(2,6-10(16)19)18-9-5-3-4-8(15)12(9)17-11(18)7-14/h3-5H,6-7H2,1-2H3,(H2,16,19). The van der Waals surface area contributed by atoms with Crippen molar-refractivity contribution >= 4 is 28.5 Å². The van der Waals surface area contributed by atoms with E-state index in [1.807, 2.05) is 13.8 Å². The molecule has 0 spiro atoms. The second-order valence-electron chi connectivity index (χ2n) is 5.06. The predicted molar refractivity (Wildman–Crippen MR) is 72.4 cm³/mol. The van der Waals surface area contributed by atoms with Gasteiger partial charge in [0.25, 0.3) is 0 Å². The lowest BCUT2D eigenvalue weighted by Crippen LogP contribution is -2.33. The van der Waals surface area contributed by atoms with Gasteiger partial charge >= 0.3 is 0 Å². The van der Waals surface area contributed by atoms with Crippen molar-refractivity contribution in [1.29, 1.82) is 0 Å². The van der Waals surface area contributed by atoms with E-state index in [1.165, 1.54) is 6.07 Å². The molecule has 0 saturated carbocycles. The molecule has 1 heterocycles. The van der Waals surface area contributed by atoms with E-state index in [4.69, 9.17) is 17.3 Å². The highest BCUT2D eigenvalue weighted by Crippen LogP contribution is 2.29. The van der Waals surface area contributed by atoms with Crippen LogP contribution in [0.15, 0.2) is 18.2 Å². The molecule has 1 aromatic heterocycles. The smallest absolute Gasteiger partial charge is 0.219 e. The minimum Gasteiger partial charge on any atom is -0.370 e. The number of hydrogen-bond acceptors (Lipinski definition) is 2. The molecule has 2 rings (SSSR count). The molecule has 19 heavy (non-hydrogen) atoms. The number of hydrogen-bond donors (Lipinski definition) is 1. The van der Waals surface area contributed by atoms with E-state index < -0.39 is 17.3 Å². The predicted octanol–water partition coefficient (Wildman–Crippen LogP) is 2.52. The summed E-state index contributed by atoms with van der Waals surface area (Å²) in [6.07, 6.45) is 0.124. The molecular weight excluding hydrogens is 269 g/mol. The van der Waals surface area contributed by atoms with Crippen LogP contribution < -0.4 is 5.73 Å². The Morgan fingerprint density at radius 3 is 2.79 bits per heavy atom. The lowest BCUT2D eigenvalue weighted by Gasteiger charge is -2.27. The first kappa shape index (κ1) is 13.8. The summed E-state index contributed by atoms with van der Waals surface area (Å²) in [6, 6.07) is 4.71. The molecule has 0 aliphatic heterocycles. The van der Waals surface area contributed by atoms with Crippen molar-refractivity contribution in [3.63, 3.8) is 0 Å². The highest BCUT2D eigenvalue weighted by Gasteiger charge is 2.28. The number of nitrogens with two attached hydrogens (primary N) is 1. The van der Waals surface area contributed by atoms with Crippen LogP contribution in [0.1, 0.15) is 26.1 Å². The SMILES string of the molecule is CC(C)(CC(N)=O)n1c(CCl)nc2c(F)cccc21. The lowest BCUT2D eigenvalue weighted by atomic mass is 9.99. The monoisotopic (exact) mass is 283 g/mol. The average molecular weight is 284 g/mol. The lowest BCUT2D eigenvalue weighted by molar-refractivity contribution is -0.119. The fourth-order valence-electron chi connectivity index (χ4n) is 2.38. The molecule has 1 amide bonds. The summed E-state index contributed by atoms with van der Waals surface area (Å²) < 4.78 is 15.5. The Bertz CT molecular complexity index is 636.